The monoisotopic (exact) mass is 354 g/mol. The molecule has 2 rings (SSSR count). The molecule has 7 heteroatoms. The molecule has 0 atom stereocenters. The van der Waals surface area contributed by atoms with Crippen molar-refractivity contribution in [3.63, 3.8) is 0 Å². The summed E-state index contributed by atoms with van der Waals surface area (Å²) in [6.07, 6.45) is 2.11. The number of hydrogen-bond acceptors (Lipinski definition) is 4. The Bertz CT molecular complexity index is 554. The van der Waals surface area contributed by atoms with Crippen molar-refractivity contribution >= 4 is 35.7 Å². The number of halogens is 2. The standard InChI is InChI=1S/C11H12BrClO4S/c1-16-10-5-8(12)4-7(6-18(13,14)15)11(10)17-9-2-3-9/h4-5,9H,2-3,6H2,1H3. The first-order valence-corrected chi connectivity index (χ1v) is 8.61. The van der Waals surface area contributed by atoms with Crippen LogP contribution in [0.25, 0.3) is 0 Å². The van der Waals surface area contributed by atoms with Crippen LogP contribution >= 0.6 is 26.6 Å². The minimum absolute atomic E-state index is 0.150. The normalized spacial score (nSPS) is 15.5. The van der Waals surface area contributed by atoms with Crippen LogP contribution in [0.5, 0.6) is 11.5 Å². The molecule has 0 radical (unpaired) electrons. The van der Waals surface area contributed by atoms with Crippen molar-refractivity contribution in [2.45, 2.75) is 24.7 Å². The molecule has 0 bridgehead atoms. The summed E-state index contributed by atoms with van der Waals surface area (Å²) >= 11 is 3.30. The number of rotatable bonds is 5. The van der Waals surface area contributed by atoms with Gasteiger partial charge in [0.1, 0.15) is 0 Å². The van der Waals surface area contributed by atoms with Gasteiger partial charge in [-0.15, -0.1) is 0 Å². The first kappa shape index (κ1) is 14.0. The Morgan fingerprint density at radius 1 is 1.44 bits per heavy atom. The molecule has 0 N–H and O–H groups in total. The summed E-state index contributed by atoms with van der Waals surface area (Å²) in [5.41, 5.74) is 0.503. The molecule has 0 unspecified atom stereocenters. The second-order valence-electron chi connectivity index (χ2n) is 4.10. The van der Waals surface area contributed by atoms with E-state index in [2.05, 4.69) is 15.9 Å². The molecule has 4 nitrogen and oxygen atoms in total. The molecular formula is C11H12BrClO4S. The maximum absolute atomic E-state index is 11.2. The SMILES string of the molecule is COc1cc(Br)cc(CS(=O)(=O)Cl)c1OC1CC1. The van der Waals surface area contributed by atoms with Crippen molar-refractivity contribution in [3.05, 3.63) is 22.2 Å². The Morgan fingerprint density at radius 3 is 2.61 bits per heavy atom. The Morgan fingerprint density at radius 2 is 2.11 bits per heavy atom. The van der Waals surface area contributed by atoms with E-state index in [9.17, 15) is 8.42 Å². The summed E-state index contributed by atoms with van der Waals surface area (Å²) in [4.78, 5) is 0. The van der Waals surface area contributed by atoms with Gasteiger partial charge < -0.3 is 9.47 Å². The molecule has 0 heterocycles. The maximum Gasteiger partial charge on any atom is 0.236 e. The zero-order chi connectivity index (χ0) is 13.3. The summed E-state index contributed by atoms with van der Waals surface area (Å²) in [7, 11) is 3.17. The van der Waals surface area contributed by atoms with Crippen LogP contribution in [0.1, 0.15) is 18.4 Å². The largest absolute Gasteiger partial charge is 0.493 e. The first-order valence-electron chi connectivity index (χ1n) is 5.34. The van der Waals surface area contributed by atoms with Gasteiger partial charge in [-0.3, -0.25) is 0 Å². The molecule has 1 saturated carbocycles. The minimum Gasteiger partial charge on any atom is -0.493 e. The van der Waals surface area contributed by atoms with E-state index in [0.717, 1.165) is 17.3 Å². The summed E-state index contributed by atoms with van der Waals surface area (Å²) in [6, 6.07) is 3.42. The fourth-order valence-electron chi connectivity index (χ4n) is 1.55. The molecule has 0 spiro atoms. The summed E-state index contributed by atoms with van der Waals surface area (Å²) in [6.45, 7) is 0. The molecule has 1 aromatic rings. The molecule has 0 amide bonds. The highest BCUT2D eigenvalue weighted by Crippen LogP contribution is 2.39. The van der Waals surface area contributed by atoms with Gasteiger partial charge in [0.2, 0.25) is 9.05 Å². The lowest BCUT2D eigenvalue weighted by molar-refractivity contribution is 0.279. The number of benzene rings is 1. The highest BCUT2D eigenvalue weighted by molar-refractivity contribution is 9.10. The van der Waals surface area contributed by atoms with E-state index in [1.807, 2.05) is 0 Å². The van der Waals surface area contributed by atoms with Crippen LogP contribution in [0.3, 0.4) is 0 Å². The molecule has 1 fully saturated rings. The highest BCUT2D eigenvalue weighted by atomic mass is 79.9. The van der Waals surface area contributed by atoms with Crippen LogP contribution in [0.2, 0.25) is 0 Å². The Kier molecular flexibility index (Phi) is 4.08. The van der Waals surface area contributed by atoms with E-state index in [0.29, 0.717) is 17.1 Å². The molecule has 0 aromatic heterocycles. The van der Waals surface area contributed by atoms with Crippen LogP contribution < -0.4 is 9.47 Å². The highest BCUT2D eigenvalue weighted by Gasteiger charge is 2.27. The smallest absolute Gasteiger partial charge is 0.236 e. The quantitative estimate of drug-likeness (QED) is 0.762. The van der Waals surface area contributed by atoms with Gasteiger partial charge in [-0.2, -0.15) is 0 Å². The lowest BCUT2D eigenvalue weighted by atomic mass is 10.2. The second-order valence-corrected chi connectivity index (χ2v) is 7.79. The van der Waals surface area contributed by atoms with Gasteiger partial charge in [0.05, 0.1) is 19.0 Å². The zero-order valence-electron chi connectivity index (χ0n) is 9.65. The van der Waals surface area contributed by atoms with Gasteiger partial charge >= 0.3 is 0 Å². The van der Waals surface area contributed by atoms with Gasteiger partial charge in [-0.05, 0) is 25.0 Å². The third-order valence-electron chi connectivity index (χ3n) is 2.45. The van der Waals surface area contributed by atoms with Crippen LogP contribution in [0.15, 0.2) is 16.6 Å². The third-order valence-corrected chi connectivity index (χ3v) is 3.89. The topological polar surface area (TPSA) is 52.6 Å². The van der Waals surface area contributed by atoms with Crippen molar-refractivity contribution in [3.8, 4) is 11.5 Å². The number of ether oxygens (including phenoxy) is 2. The average Bonchev–Trinajstić information content (AvgIpc) is 3.03. The summed E-state index contributed by atoms with van der Waals surface area (Å²) in [5.74, 6) is 0.686. The maximum atomic E-state index is 11.2. The summed E-state index contributed by atoms with van der Waals surface area (Å²) < 4.78 is 34.1. The van der Waals surface area contributed by atoms with Crippen molar-refractivity contribution < 1.29 is 17.9 Å². The van der Waals surface area contributed by atoms with Crippen molar-refractivity contribution in [1.82, 2.24) is 0 Å². The molecular weight excluding hydrogens is 344 g/mol. The van der Waals surface area contributed by atoms with Crippen LogP contribution in [0, 0.1) is 0 Å². The van der Waals surface area contributed by atoms with Gasteiger partial charge in [-0.25, -0.2) is 8.42 Å². The molecule has 0 aliphatic heterocycles. The van der Waals surface area contributed by atoms with Crippen LogP contribution in [-0.2, 0) is 14.8 Å². The van der Waals surface area contributed by atoms with E-state index >= 15 is 0 Å². The molecule has 100 valence electrons. The van der Waals surface area contributed by atoms with Crippen LogP contribution in [0.4, 0.5) is 0 Å². The van der Waals surface area contributed by atoms with E-state index in [1.165, 1.54) is 7.11 Å². The fraction of sp³-hybridized carbons (Fsp3) is 0.455. The van der Waals surface area contributed by atoms with Gasteiger partial charge in [0, 0.05) is 20.7 Å². The molecule has 1 aliphatic carbocycles. The molecule has 1 aliphatic rings. The van der Waals surface area contributed by atoms with Crippen molar-refractivity contribution in [2.24, 2.45) is 0 Å². The molecule has 0 saturated heterocycles. The molecule has 18 heavy (non-hydrogen) atoms. The predicted molar refractivity (Wildman–Crippen MR) is 72.8 cm³/mol. The fourth-order valence-corrected chi connectivity index (χ4v) is 2.98. The molecule has 1 aromatic carbocycles. The Hall–Kier alpha value is -0.460. The van der Waals surface area contributed by atoms with Crippen molar-refractivity contribution in [1.29, 1.82) is 0 Å². The lowest BCUT2D eigenvalue weighted by Crippen LogP contribution is -2.05. The van der Waals surface area contributed by atoms with E-state index in [1.54, 1.807) is 12.1 Å². The van der Waals surface area contributed by atoms with Gasteiger partial charge in [0.25, 0.3) is 0 Å². The Balaban J connectivity index is 2.42. The lowest BCUT2D eigenvalue weighted by Gasteiger charge is -2.14. The van der Waals surface area contributed by atoms with E-state index < -0.39 is 9.05 Å². The second kappa shape index (κ2) is 5.27. The Labute approximate surface area is 119 Å². The summed E-state index contributed by atoms with van der Waals surface area (Å²) in [5, 5.41) is 0. The average molecular weight is 356 g/mol. The number of hydrogen-bond donors (Lipinski definition) is 0. The van der Waals surface area contributed by atoms with Crippen molar-refractivity contribution in [2.75, 3.05) is 7.11 Å². The minimum atomic E-state index is -3.64. The van der Waals surface area contributed by atoms with Gasteiger partial charge in [-0.1, -0.05) is 15.9 Å². The van der Waals surface area contributed by atoms with E-state index in [4.69, 9.17) is 20.2 Å². The van der Waals surface area contributed by atoms with Gasteiger partial charge in [0.15, 0.2) is 11.5 Å². The predicted octanol–water partition coefficient (Wildman–Crippen LogP) is 3.07. The number of methoxy groups -OCH3 is 1. The van der Waals surface area contributed by atoms with E-state index in [-0.39, 0.29) is 11.9 Å². The zero-order valence-corrected chi connectivity index (χ0v) is 12.8. The van der Waals surface area contributed by atoms with Crippen LogP contribution in [-0.4, -0.2) is 21.6 Å². The third kappa shape index (κ3) is 3.76. The first-order chi connectivity index (χ1) is 8.39.